The van der Waals surface area contributed by atoms with Crippen LogP contribution in [0.15, 0.2) is 42.2 Å². The standard InChI is InChI=1S/C22H20O5/c1-13-5-7-15(8-6-13)11-19-21(23)20-14(2)10-16(12-18(20)27-19)26-22(24)17-4-3-9-25-17/h5-8,10-12,17H,3-4,9H2,1-2H3/b19-11-. The minimum Gasteiger partial charge on any atom is -0.452 e. The molecule has 27 heavy (non-hydrogen) atoms. The van der Waals surface area contributed by atoms with E-state index in [0.717, 1.165) is 17.5 Å². The first kappa shape index (κ1) is 17.5. The predicted octanol–water partition coefficient (Wildman–Crippen LogP) is 4.00. The van der Waals surface area contributed by atoms with Crippen molar-refractivity contribution in [2.45, 2.75) is 32.8 Å². The van der Waals surface area contributed by atoms with Gasteiger partial charge in [-0.2, -0.15) is 0 Å². The molecule has 0 N–H and O–H groups in total. The summed E-state index contributed by atoms with van der Waals surface area (Å²) in [5, 5.41) is 0. The van der Waals surface area contributed by atoms with Crippen LogP contribution in [0.1, 0.15) is 39.9 Å². The zero-order valence-corrected chi connectivity index (χ0v) is 15.3. The van der Waals surface area contributed by atoms with Crippen LogP contribution in [0.3, 0.4) is 0 Å². The lowest BCUT2D eigenvalue weighted by Crippen LogP contribution is -2.24. The van der Waals surface area contributed by atoms with Crippen molar-refractivity contribution >= 4 is 17.8 Å². The second-order valence-electron chi connectivity index (χ2n) is 6.89. The van der Waals surface area contributed by atoms with Crippen molar-refractivity contribution in [2.24, 2.45) is 0 Å². The summed E-state index contributed by atoms with van der Waals surface area (Å²) in [5.41, 5.74) is 3.25. The minimum absolute atomic E-state index is 0.167. The van der Waals surface area contributed by atoms with E-state index in [-0.39, 0.29) is 11.5 Å². The molecular weight excluding hydrogens is 344 g/mol. The van der Waals surface area contributed by atoms with Crippen LogP contribution in [0, 0.1) is 13.8 Å². The molecule has 4 rings (SSSR count). The summed E-state index contributed by atoms with van der Waals surface area (Å²) < 4.78 is 16.6. The Bertz CT molecular complexity index is 934. The molecule has 0 radical (unpaired) electrons. The third kappa shape index (κ3) is 3.51. The predicted molar refractivity (Wildman–Crippen MR) is 99.9 cm³/mol. The fourth-order valence-corrected chi connectivity index (χ4v) is 3.30. The molecule has 2 aromatic carbocycles. The highest BCUT2D eigenvalue weighted by Crippen LogP contribution is 2.37. The van der Waals surface area contributed by atoms with Crippen LogP contribution in [-0.2, 0) is 9.53 Å². The number of ether oxygens (including phenoxy) is 3. The molecule has 0 amide bonds. The van der Waals surface area contributed by atoms with E-state index < -0.39 is 12.1 Å². The van der Waals surface area contributed by atoms with E-state index in [2.05, 4.69) is 0 Å². The van der Waals surface area contributed by atoms with Crippen LogP contribution < -0.4 is 9.47 Å². The molecule has 5 heteroatoms. The summed E-state index contributed by atoms with van der Waals surface area (Å²) in [6.07, 6.45) is 2.73. The number of benzene rings is 2. The molecule has 2 aliphatic rings. The highest BCUT2D eigenvalue weighted by molar-refractivity contribution is 6.15. The van der Waals surface area contributed by atoms with Crippen LogP contribution in [-0.4, -0.2) is 24.5 Å². The van der Waals surface area contributed by atoms with Crippen molar-refractivity contribution in [1.29, 1.82) is 0 Å². The molecule has 138 valence electrons. The Morgan fingerprint density at radius 3 is 2.67 bits per heavy atom. The molecule has 2 aliphatic heterocycles. The molecule has 0 aliphatic carbocycles. The molecule has 0 aromatic heterocycles. The highest BCUT2D eigenvalue weighted by Gasteiger charge is 2.31. The quantitative estimate of drug-likeness (QED) is 0.468. The molecule has 5 nitrogen and oxygen atoms in total. The summed E-state index contributed by atoms with van der Waals surface area (Å²) >= 11 is 0. The lowest BCUT2D eigenvalue weighted by atomic mass is 10.0. The van der Waals surface area contributed by atoms with E-state index in [9.17, 15) is 9.59 Å². The summed E-state index contributed by atoms with van der Waals surface area (Å²) in [6.45, 7) is 4.39. The van der Waals surface area contributed by atoms with Gasteiger partial charge in [-0.1, -0.05) is 29.8 Å². The lowest BCUT2D eigenvalue weighted by Gasteiger charge is -2.11. The Hall–Kier alpha value is -2.92. The maximum absolute atomic E-state index is 12.7. The molecule has 1 fully saturated rings. The van der Waals surface area contributed by atoms with Crippen molar-refractivity contribution in [3.63, 3.8) is 0 Å². The molecule has 1 saturated heterocycles. The minimum atomic E-state index is -0.516. The smallest absolute Gasteiger partial charge is 0.340 e. The van der Waals surface area contributed by atoms with Gasteiger partial charge >= 0.3 is 5.97 Å². The third-order valence-electron chi connectivity index (χ3n) is 4.73. The SMILES string of the molecule is Cc1ccc(/C=C2\Oc3cc(OC(=O)C4CCCO4)cc(C)c3C2=O)cc1. The zero-order chi connectivity index (χ0) is 19.0. The topological polar surface area (TPSA) is 61.8 Å². The molecule has 1 atom stereocenters. The third-order valence-corrected chi connectivity index (χ3v) is 4.73. The molecule has 0 saturated carbocycles. The summed E-state index contributed by atoms with van der Waals surface area (Å²) in [6, 6.07) is 11.1. The Balaban J connectivity index is 1.58. The van der Waals surface area contributed by atoms with Crippen molar-refractivity contribution < 1.29 is 23.8 Å². The van der Waals surface area contributed by atoms with E-state index in [1.807, 2.05) is 31.2 Å². The van der Waals surface area contributed by atoms with Crippen LogP contribution in [0.5, 0.6) is 11.5 Å². The van der Waals surface area contributed by atoms with E-state index in [1.54, 1.807) is 25.1 Å². The van der Waals surface area contributed by atoms with Gasteiger partial charge < -0.3 is 14.2 Å². The van der Waals surface area contributed by atoms with Gasteiger partial charge in [0.05, 0.1) is 5.56 Å². The molecule has 1 unspecified atom stereocenters. The normalized spacial score (nSPS) is 19.9. The average Bonchev–Trinajstić information content (AvgIpc) is 3.26. The molecule has 2 heterocycles. The number of Topliss-reactive ketones (excluding diaryl/α,β-unsaturated/α-hetero) is 1. The Kier molecular flexibility index (Phi) is 4.54. The van der Waals surface area contributed by atoms with Gasteiger partial charge in [0.1, 0.15) is 11.5 Å². The fraction of sp³-hybridized carbons (Fsp3) is 0.273. The van der Waals surface area contributed by atoms with E-state index in [0.29, 0.717) is 35.7 Å². The summed E-state index contributed by atoms with van der Waals surface area (Å²) in [4.78, 5) is 24.9. The largest absolute Gasteiger partial charge is 0.452 e. The van der Waals surface area contributed by atoms with Gasteiger partial charge in [0.2, 0.25) is 5.78 Å². The van der Waals surface area contributed by atoms with E-state index >= 15 is 0 Å². The van der Waals surface area contributed by atoms with E-state index in [4.69, 9.17) is 14.2 Å². The molecular formula is C22H20O5. The van der Waals surface area contributed by atoms with Crippen LogP contribution in [0.2, 0.25) is 0 Å². The first-order valence-corrected chi connectivity index (χ1v) is 9.00. The summed E-state index contributed by atoms with van der Waals surface area (Å²) in [7, 11) is 0. The van der Waals surface area contributed by atoms with Gasteiger partial charge in [0.25, 0.3) is 0 Å². The Labute approximate surface area is 157 Å². The van der Waals surface area contributed by atoms with Crippen LogP contribution in [0.4, 0.5) is 0 Å². The second-order valence-corrected chi connectivity index (χ2v) is 6.89. The van der Waals surface area contributed by atoms with Crippen LogP contribution >= 0.6 is 0 Å². The molecule has 0 spiro atoms. The number of hydrogen-bond donors (Lipinski definition) is 0. The number of allylic oxidation sites excluding steroid dienone is 1. The average molecular weight is 364 g/mol. The van der Waals surface area contributed by atoms with Gasteiger partial charge in [-0.25, -0.2) is 4.79 Å². The maximum atomic E-state index is 12.7. The van der Waals surface area contributed by atoms with Gasteiger partial charge in [0.15, 0.2) is 11.9 Å². The maximum Gasteiger partial charge on any atom is 0.340 e. The van der Waals surface area contributed by atoms with Gasteiger partial charge in [-0.3, -0.25) is 4.79 Å². The number of aryl methyl sites for hydroxylation is 2. The van der Waals surface area contributed by atoms with Gasteiger partial charge in [-0.15, -0.1) is 0 Å². The van der Waals surface area contributed by atoms with Crippen molar-refractivity contribution in [1.82, 2.24) is 0 Å². The first-order valence-electron chi connectivity index (χ1n) is 9.00. The van der Waals surface area contributed by atoms with Crippen molar-refractivity contribution in [3.8, 4) is 11.5 Å². The number of fused-ring (bicyclic) bond motifs is 1. The van der Waals surface area contributed by atoms with Crippen LogP contribution in [0.25, 0.3) is 6.08 Å². The number of rotatable bonds is 3. The second kappa shape index (κ2) is 7.00. The van der Waals surface area contributed by atoms with Gasteiger partial charge in [-0.05, 0) is 50.0 Å². The number of ketones is 1. The van der Waals surface area contributed by atoms with E-state index in [1.165, 1.54) is 0 Å². The number of carbonyl (C=O) groups excluding carboxylic acids is 2. The lowest BCUT2D eigenvalue weighted by molar-refractivity contribution is -0.144. The van der Waals surface area contributed by atoms with Crippen molar-refractivity contribution in [3.05, 3.63) is 64.4 Å². The Morgan fingerprint density at radius 2 is 1.96 bits per heavy atom. The van der Waals surface area contributed by atoms with Gasteiger partial charge in [0, 0.05) is 12.7 Å². The highest BCUT2D eigenvalue weighted by atomic mass is 16.6. The zero-order valence-electron chi connectivity index (χ0n) is 15.3. The fourth-order valence-electron chi connectivity index (χ4n) is 3.30. The number of hydrogen-bond acceptors (Lipinski definition) is 5. The molecule has 0 bridgehead atoms. The Morgan fingerprint density at radius 1 is 1.19 bits per heavy atom. The first-order chi connectivity index (χ1) is 13.0. The summed E-state index contributed by atoms with van der Waals surface area (Å²) in [5.74, 6) is 0.455. The van der Waals surface area contributed by atoms with Crippen molar-refractivity contribution in [2.75, 3.05) is 6.61 Å². The monoisotopic (exact) mass is 364 g/mol. The number of carbonyl (C=O) groups is 2. The number of esters is 1. The molecule has 2 aromatic rings.